The third-order valence-corrected chi connectivity index (χ3v) is 3.31. The van der Waals surface area contributed by atoms with Crippen molar-refractivity contribution in [1.82, 2.24) is 4.90 Å². The Labute approximate surface area is 112 Å². The van der Waals surface area contributed by atoms with Gasteiger partial charge in [-0.05, 0) is 41.1 Å². The first-order valence-corrected chi connectivity index (χ1v) is 5.96. The number of rotatable bonds is 3. The summed E-state index contributed by atoms with van der Waals surface area (Å²) in [6.45, 7) is 1.45. The fourth-order valence-corrected chi connectivity index (χ4v) is 2.05. The first kappa shape index (κ1) is 14.0. The van der Waals surface area contributed by atoms with E-state index in [1.165, 1.54) is 14.0 Å². The Hall–Kier alpha value is -1.07. The molecule has 1 unspecified atom stereocenters. The third kappa shape index (κ3) is 3.20. The molecule has 0 bridgehead atoms. The van der Waals surface area contributed by atoms with Gasteiger partial charge in [-0.2, -0.15) is 0 Å². The van der Waals surface area contributed by atoms with E-state index in [1.54, 1.807) is 18.2 Å². The number of carboxylic acids is 1. The summed E-state index contributed by atoms with van der Waals surface area (Å²) >= 11 is 8.99. The van der Waals surface area contributed by atoms with Crippen LogP contribution in [0.15, 0.2) is 22.7 Å². The number of benzene rings is 1. The Balaban J connectivity index is 3.00. The molecule has 0 radical (unpaired) electrons. The second-order valence-electron chi connectivity index (χ2n) is 3.55. The molecule has 1 atom stereocenters. The molecule has 0 heterocycles. The van der Waals surface area contributed by atoms with E-state index in [1.807, 2.05) is 0 Å². The zero-order chi connectivity index (χ0) is 13.2. The first-order valence-electron chi connectivity index (χ1n) is 4.79. The Morgan fingerprint density at radius 1 is 1.47 bits per heavy atom. The van der Waals surface area contributed by atoms with E-state index in [4.69, 9.17) is 16.7 Å². The van der Waals surface area contributed by atoms with E-state index >= 15 is 0 Å². The lowest BCUT2D eigenvalue weighted by Crippen LogP contribution is -2.40. The molecule has 0 aliphatic rings. The molecule has 92 valence electrons. The van der Waals surface area contributed by atoms with Crippen molar-refractivity contribution >= 4 is 39.4 Å². The molecular weight excluding hydrogens is 309 g/mol. The van der Waals surface area contributed by atoms with Gasteiger partial charge in [0.2, 0.25) is 0 Å². The van der Waals surface area contributed by atoms with Crippen LogP contribution in [-0.4, -0.2) is 35.0 Å². The SMILES string of the molecule is CC(C(=O)O)N(C)C(=O)c1ccc(Cl)cc1Br. The molecule has 6 heteroatoms. The molecule has 0 spiro atoms. The first-order chi connectivity index (χ1) is 7.84. The molecule has 0 aliphatic carbocycles. The third-order valence-electron chi connectivity index (χ3n) is 2.42. The summed E-state index contributed by atoms with van der Waals surface area (Å²) in [5.41, 5.74) is 0.380. The van der Waals surface area contributed by atoms with E-state index < -0.39 is 12.0 Å². The van der Waals surface area contributed by atoms with Gasteiger partial charge in [0.1, 0.15) is 6.04 Å². The second-order valence-corrected chi connectivity index (χ2v) is 4.85. The van der Waals surface area contributed by atoms with Gasteiger partial charge in [-0.3, -0.25) is 4.79 Å². The second kappa shape index (κ2) is 5.51. The highest BCUT2D eigenvalue weighted by Crippen LogP contribution is 2.23. The minimum absolute atomic E-state index is 0.372. The van der Waals surface area contributed by atoms with Crippen LogP contribution in [0.3, 0.4) is 0 Å². The van der Waals surface area contributed by atoms with Gasteiger partial charge in [0.25, 0.3) is 5.91 Å². The van der Waals surface area contributed by atoms with E-state index in [-0.39, 0.29) is 5.91 Å². The van der Waals surface area contributed by atoms with Crippen LogP contribution < -0.4 is 0 Å². The largest absolute Gasteiger partial charge is 0.480 e. The van der Waals surface area contributed by atoms with Gasteiger partial charge in [-0.15, -0.1) is 0 Å². The smallest absolute Gasteiger partial charge is 0.326 e. The molecule has 0 aromatic heterocycles. The van der Waals surface area contributed by atoms with Crippen molar-refractivity contribution in [2.24, 2.45) is 0 Å². The lowest BCUT2D eigenvalue weighted by molar-refractivity contribution is -0.141. The van der Waals surface area contributed by atoms with Gasteiger partial charge in [-0.25, -0.2) is 4.79 Å². The van der Waals surface area contributed by atoms with Crippen LogP contribution in [0.5, 0.6) is 0 Å². The Morgan fingerprint density at radius 2 is 2.06 bits per heavy atom. The number of hydrogen-bond acceptors (Lipinski definition) is 2. The molecule has 1 aromatic rings. The summed E-state index contributed by atoms with van der Waals surface area (Å²) in [4.78, 5) is 24.0. The zero-order valence-corrected chi connectivity index (χ0v) is 11.6. The minimum Gasteiger partial charge on any atom is -0.480 e. The molecule has 1 amide bonds. The monoisotopic (exact) mass is 319 g/mol. The summed E-state index contributed by atoms with van der Waals surface area (Å²) in [6, 6.07) is 3.84. The maximum atomic E-state index is 12.0. The summed E-state index contributed by atoms with van der Waals surface area (Å²) in [6.07, 6.45) is 0. The topological polar surface area (TPSA) is 57.6 Å². The van der Waals surface area contributed by atoms with Crippen molar-refractivity contribution in [3.05, 3.63) is 33.3 Å². The number of halogens is 2. The van der Waals surface area contributed by atoms with Crippen molar-refractivity contribution in [2.75, 3.05) is 7.05 Å². The highest BCUT2D eigenvalue weighted by Gasteiger charge is 2.23. The van der Waals surface area contributed by atoms with Crippen LogP contribution >= 0.6 is 27.5 Å². The van der Waals surface area contributed by atoms with Gasteiger partial charge in [0.15, 0.2) is 0 Å². The summed E-state index contributed by atoms with van der Waals surface area (Å²) < 4.78 is 0.541. The van der Waals surface area contributed by atoms with Gasteiger partial charge in [-0.1, -0.05) is 11.6 Å². The number of likely N-dealkylation sites (N-methyl/N-ethyl adjacent to an activating group) is 1. The maximum Gasteiger partial charge on any atom is 0.326 e. The van der Waals surface area contributed by atoms with Crippen LogP contribution in [0.2, 0.25) is 5.02 Å². The normalized spacial score (nSPS) is 12.0. The summed E-state index contributed by atoms with van der Waals surface area (Å²) in [5, 5.41) is 9.34. The van der Waals surface area contributed by atoms with Crippen LogP contribution in [0.25, 0.3) is 0 Å². The number of carboxylic acid groups (broad SMARTS) is 1. The highest BCUT2D eigenvalue weighted by molar-refractivity contribution is 9.10. The van der Waals surface area contributed by atoms with Gasteiger partial charge in [0, 0.05) is 16.5 Å². The van der Waals surface area contributed by atoms with Crippen LogP contribution in [0, 0.1) is 0 Å². The Kier molecular flexibility index (Phi) is 4.54. The van der Waals surface area contributed by atoms with Crippen LogP contribution in [0.1, 0.15) is 17.3 Å². The summed E-state index contributed by atoms with van der Waals surface area (Å²) in [7, 11) is 1.45. The molecular formula is C11H11BrClNO3. The maximum absolute atomic E-state index is 12.0. The van der Waals surface area contributed by atoms with Gasteiger partial charge in [0.05, 0.1) is 5.56 Å². The van der Waals surface area contributed by atoms with Crippen LogP contribution in [0.4, 0.5) is 0 Å². The molecule has 0 aliphatic heterocycles. The molecule has 1 N–H and O–H groups in total. The van der Waals surface area contributed by atoms with E-state index in [0.717, 1.165) is 4.90 Å². The predicted molar refractivity (Wildman–Crippen MR) is 68.3 cm³/mol. The van der Waals surface area contributed by atoms with Crippen molar-refractivity contribution in [1.29, 1.82) is 0 Å². The van der Waals surface area contributed by atoms with Crippen molar-refractivity contribution in [3.63, 3.8) is 0 Å². The average molecular weight is 321 g/mol. The van der Waals surface area contributed by atoms with E-state index in [9.17, 15) is 9.59 Å². The molecule has 17 heavy (non-hydrogen) atoms. The number of carbonyl (C=O) groups excluding carboxylic acids is 1. The zero-order valence-electron chi connectivity index (χ0n) is 9.28. The van der Waals surface area contributed by atoms with Crippen molar-refractivity contribution in [3.8, 4) is 0 Å². The quantitative estimate of drug-likeness (QED) is 0.931. The molecule has 0 fully saturated rings. The number of aliphatic carboxylic acids is 1. The van der Waals surface area contributed by atoms with Gasteiger partial charge >= 0.3 is 5.97 Å². The number of hydrogen-bond donors (Lipinski definition) is 1. The molecule has 4 nitrogen and oxygen atoms in total. The standard InChI is InChI=1S/C11H11BrClNO3/c1-6(11(16)17)14(2)10(15)8-4-3-7(13)5-9(8)12/h3-6H,1-2H3,(H,16,17). The lowest BCUT2D eigenvalue weighted by atomic mass is 10.2. The van der Waals surface area contributed by atoms with Gasteiger partial charge < -0.3 is 10.0 Å². The Bertz CT molecular complexity index is 464. The van der Waals surface area contributed by atoms with Crippen molar-refractivity contribution in [2.45, 2.75) is 13.0 Å². The lowest BCUT2D eigenvalue weighted by Gasteiger charge is -2.22. The van der Waals surface area contributed by atoms with Crippen LogP contribution in [-0.2, 0) is 4.79 Å². The minimum atomic E-state index is -1.05. The molecule has 0 saturated carbocycles. The molecule has 1 rings (SSSR count). The number of nitrogens with zero attached hydrogens (tertiary/aromatic N) is 1. The fourth-order valence-electron chi connectivity index (χ4n) is 1.19. The summed E-state index contributed by atoms with van der Waals surface area (Å²) in [5.74, 6) is -1.42. The van der Waals surface area contributed by atoms with E-state index in [0.29, 0.717) is 15.1 Å². The predicted octanol–water partition coefficient (Wildman–Crippen LogP) is 2.65. The Morgan fingerprint density at radius 3 is 2.53 bits per heavy atom. The fraction of sp³-hybridized carbons (Fsp3) is 0.273. The number of carbonyl (C=O) groups is 2. The number of amides is 1. The highest BCUT2D eigenvalue weighted by atomic mass is 79.9. The molecule has 1 aromatic carbocycles. The molecule has 0 saturated heterocycles. The van der Waals surface area contributed by atoms with E-state index in [2.05, 4.69) is 15.9 Å². The van der Waals surface area contributed by atoms with Crippen molar-refractivity contribution < 1.29 is 14.7 Å². The average Bonchev–Trinajstić information content (AvgIpc) is 2.26.